The standard InChI is InChI=1S/C17H15N3O2/c1-12-6-8-13(9-7-12)16-10-18-19-20(16)11-14-4-2-3-5-15(14)17(21)22/h2-10H,11H2,1H3,(H,21,22). The lowest BCUT2D eigenvalue weighted by atomic mass is 10.1. The lowest BCUT2D eigenvalue weighted by Gasteiger charge is -2.09. The van der Waals surface area contributed by atoms with Crippen molar-refractivity contribution in [2.75, 3.05) is 0 Å². The van der Waals surface area contributed by atoms with Crippen LogP contribution in [0.5, 0.6) is 0 Å². The number of benzene rings is 2. The van der Waals surface area contributed by atoms with Crippen molar-refractivity contribution >= 4 is 5.97 Å². The van der Waals surface area contributed by atoms with Crippen LogP contribution in [-0.4, -0.2) is 26.1 Å². The lowest BCUT2D eigenvalue weighted by molar-refractivity contribution is 0.0695. The summed E-state index contributed by atoms with van der Waals surface area (Å²) in [6.07, 6.45) is 1.69. The molecule has 0 atom stereocenters. The molecule has 1 N–H and O–H groups in total. The van der Waals surface area contributed by atoms with Crippen molar-refractivity contribution in [3.8, 4) is 11.3 Å². The van der Waals surface area contributed by atoms with E-state index >= 15 is 0 Å². The largest absolute Gasteiger partial charge is 0.478 e. The zero-order valence-corrected chi connectivity index (χ0v) is 12.1. The van der Waals surface area contributed by atoms with Crippen LogP contribution in [0.15, 0.2) is 54.7 Å². The minimum atomic E-state index is -0.937. The third-order valence-electron chi connectivity index (χ3n) is 3.53. The summed E-state index contributed by atoms with van der Waals surface area (Å²) in [6, 6.07) is 15.0. The van der Waals surface area contributed by atoms with Gasteiger partial charge >= 0.3 is 5.97 Å². The highest BCUT2D eigenvalue weighted by atomic mass is 16.4. The number of nitrogens with zero attached hydrogens (tertiary/aromatic N) is 3. The van der Waals surface area contributed by atoms with E-state index in [2.05, 4.69) is 10.3 Å². The highest BCUT2D eigenvalue weighted by Gasteiger charge is 2.12. The summed E-state index contributed by atoms with van der Waals surface area (Å²) >= 11 is 0. The van der Waals surface area contributed by atoms with E-state index in [1.165, 1.54) is 5.56 Å². The van der Waals surface area contributed by atoms with Gasteiger partial charge in [0.05, 0.1) is 24.0 Å². The van der Waals surface area contributed by atoms with Crippen molar-refractivity contribution in [3.05, 3.63) is 71.4 Å². The molecule has 22 heavy (non-hydrogen) atoms. The van der Waals surface area contributed by atoms with Gasteiger partial charge in [-0.05, 0) is 18.6 Å². The first-order chi connectivity index (χ1) is 10.6. The fraction of sp³-hybridized carbons (Fsp3) is 0.118. The molecule has 5 nitrogen and oxygen atoms in total. The van der Waals surface area contributed by atoms with Crippen molar-refractivity contribution in [2.24, 2.45) is 0 Å². The number of rotatable bonds is 4. The molecule has 0 spiro atoms. The number of aryl methyl sites for hydroxylation is 1. The summed E-state index contributed by atoms with van der Waals surface area (Å²) in [6.45, 7) is 2.40. The molecule has 0 saturated carbocycles. The van der Waals surface area contributed by atoms with E-state index in [4.69, 9.17) is 0 Å². The molecule has 0 saturated heterocycles. The predicted octanol–water partition coefficient (Wildman–Crippen LogP) is 3.00. The Balaban J connectivity index is 1.97. The number of hydrogen-bond donors (Lipinski definition) is 1. The van der Waals surface area contributed by atoms with Gasteiger partial charge in [0.25, 0.3) is 0 Å². The second-order valence-electron chi connectivity index (χ2n) is 5.11. The van der Waals surface area contributed by atoms with E-state index in [0.717, 1.165) is 11.3 Å². The molecule has 0 aliphatic rings. The van der Waals surface area contributed by atoms with Gasteiger partial charge in [0.1, 0.15) is 0 Å². The molecular formula is C17H15N3O2. The Kier molecular flexibility index (Phi) is 3.70. The van der Waals surface area contributed by atoms with E-state index < -0.39 is 5.97 Å². The first-order valence-electron chi connectivity index (χ1n) is 6.92. The first kappa shape index (κ1) is 14.0. The second kappa shape index (κ2) is 5.81. The molecule has 0 radical (unpaired) electrons. The van der Waals surface area contributed by atoms with Crippen molar-refractivity contribution in [1.82, 2.24) is 15.0 Å². The lowest BCUT2D eigenvalue weighted by Crippen LogP contribution is -2.09. The monoisotopic (exact) mass is 293 g/mol. The van der Waals surface area contributed by atoms with Crippen molar-refractivity contribution in [1.29, 1.82) is 0 Å². The minimum Gasteiger partial charge on any atom is -0.478 e. The summed E-state index contributed by atoms with van der Waals surface area (Å²) in [5.41, 5.74) is 4.03. The minimum absolute atomic E-state index is 0.285. The number of carboxylic acids is 1. The Morgan fingerprint density at radius 1 is 1.14 bits per heavy atom. The summed E-state index contributed by atoms with van der Waals surface area (Å²) in [4.78, 5) is 11.3. The molecule has 0 unspecified atom stereocenters. The quantitative estimate of drug-likeness (QED) is 0.803. The molecule has 5 heteroatoms. The molecule has 0 bridgehead atoms. The van der Waals surface area contributed by atoms with E-state index in [-0.39, 0.29) is 5.56 Å². The Morgan fingerprint density at radius 2 is 1.86 bits per heavy atom. The van der Waals surface area contributed by atoms with Gasteiger partial charge in [-0.3, -0.25) is 0 Å². The maximum atomic E-state index is 11.3. The zero-order chi connectivity index (χ0) is 15.5. The number of carboxylic acid groups (broad SMARTS) is 1. The van der Waals surface area contributed by atoms with Gasteiger partial charge in [0.2, 0.25) is 0 Å². The molecule has 0 aliphatic heterocycles. The van der Waals surface area contributed by atoms with Gasteiger partial charge < -0.3 is 5.11 Å². The zero-order valence-electron chi connectivity index (χ0n) is 12.1. The van der Waals surface area contributed by atoms with E-state index in [1.54, 1.807) is 29.1 Å². The van der Waals surface area contributed by atoms with Gasteiger partial charge in [-0.2, -0.15) is 0 Å². The molecule has 2 aromatic carbocycles. The predicted molar refractivity (Wildman–Crippen MR) is 82.7 cm³/mol. The fourth-order valence-electron chi connectivity index (χ4n) is 2.35. The van der Waals surface area contributed by atoms with Crippen molar-refractivity contribution in [3.63, 3.8) is 0 Å². The molecular weight excluding hydrogens is 278 g/mol. The fourth-order valence-corrected chi connectivity index (χ4v) is 2.35. The topological polar surface area (TPSA) is 68.0 Å². The average molecular weight is 293 g/mol. The highest BCUT2D eigenvalue weighted by Crippen LogP contribution is 2.20. The van der Waals surface area contributed by atoms with Gasteiger partial charge in [0.15, 0.2) is 0 Å². The van der Waals surface area contributed by atoms with Crippen LogP contribution >= 0.6 is 0 Å². The molecule has 0 fully saturated rings. The molecule has 1 aromatic heterocycles. The smallest absolute Gasteiger partial charge is 0.336 e. The number of carbonyl (C=O) groups is 1. The third-order valence-corrected chi connectivity index (χ3v) is 3.53. The summed E-state index contributed by atoms with van der Waals surface area (Å²) in [5.74, 6) is -0.937. The molecule has 110 valence electrons. The Morgan fingerprint density at radius 3 is 2.59 bits per heavy atom. The number of aromatic nitrogens is 3. The summed E-state index contributed by atoms with van der Waals surface area (Å²) in [7, 11) is 0. The Hall–Kier alpha value is -2.95. The number of aromatic carboxylic acids is 1. The number of hydrogen-bond acceptors (Lipinski definition) is 3. The SMILES string of the molecule is Cc1ccc(-c2cnnn2Cc2ccccc2C(=O)O)cc1. The van der Waals surface area contributed by atoms with Crippen LogP contribution in [0, 0.1) is 6.92 Å². The van der Waals surface area contributed by atoms with Crippen LogP contribution in [0.4, 0.5) is 0 Å². The van der Waals surface area contributed by atoms with Crippen LogP contribution in [-0.2, 0) is 6.54 Å². The summed E-state index contributed by atoms with van der Waals surface area (Å²) < 4.78 is 1.71. The molecule has 1 heterocycles. The van der Waals surface area contributed by atoms with Crippen molar-refractivity contribution in [2.45, 2.75) is 13.5 Å². The maximum absolute atomic E-state index is 11.3. The van der Waals surface area contributed by atoms with Crippen LogP contribution < -0.4 is 0 Å². The van der Waals surface area contributed by atoms with Gasteiger partial charge in [0, 0.05) is 5.56 Å². The molecule has 3 rings (SSSR count). The van der Waals surface area contributed by atoms with Gasteiger partial charge in [-0.1, -0.05) is 53.2 Å². The van der Waals surface area contributed by atoms with Gasteiger partial charge in [-0.15, -0.1) is 5.10 Å². The molecule has 0 aliphatic carbocycles. The van der Waals surface area contributed by atoms with Gasteiger partial charge in [-0.25, -0.2) is 9.48 Å². The van der Waals surface area contributed by atoms with Crippen molar-refractivity contribution < 1.29 is 9.90 Å². The normalized spacial score (nSPS) is 10.6. The van der Waals surface area contributed by atoms with E-state index in [9.17, 15) is 9.90 Å². The van der Waals surface area contributed by atoms with E-state index in [0.29, 0.717) is 12.1 Å². The average Bonchev–Trinajstić information content (AvgIpc) is 2.96. The first-order valence-corrected chi connectivity index (χ1v) is 6.92. The highest BCUT2D eigenvalue weighted by molar-refractivity contribution is 5.89. The van der Waals surface area contributed by atoms with E-state index in [1.807, 2.05) is 37.3 Å². The molecule has 3 aromatic rings. The third kappa shape index (κ3) is 2.74. The van der Waals surface area contributed by atoms with Crippen LogP contribution in [0.3, 0.4) is 0 Å². The second-order valence-corrected chi connectivity index (χ2v) is 5.11. The Labute approximate surface area is 127 Å². The Bertz CT molecular complexity index is 807. The van der Waals surface area contributed by atoms with Crippen LogP contribution in [0.1, 0.15) is 21.5 Å². The summed E-state index contributed by atoms with van der Waals surface area (Å²) in [5, 5.41) is 17.3. The molecule has 0 amide bonds. The van der Waals surface area contributed by atoms with Crippen LogP contribution in [0.25, 0.3) is 11.3 Å². The van der Waals surface area contributed by atoms with Crippen LogP contribution in [0.2, 0.25) is 0 Å². The maximum Gasteiger partial charge on any atom is 0.336 e.